The van der Waals surface area contributed by atoms with Crippen LogP contribution in [0.2, 0.25) is 0 Å². The van der Waals surface area contributed by atoms with Crippen LogP contribution in [0.3, 0.4) is 0 Å². The molecule has 0 aromatic rings. The normalized spacial score (nSPS) is 6.75. The molecule has 43 valence electrons. The van der Waals surface area contributed by atoms with Crippen LogP contribution in [0.5, 0.6) is 0 Å². The van der Waals surface area contributed by atoms with Gasteiger partial charge < -0.3 is 4.74 Å². The van der Waals surface area contributed by atoms with E-state index in [1.807, 2.05) is 0 Å². The molecule has 0 spiro atoms. The molecule has 0 aromatic carbocycles. The van der Waals surface area contributed by atoms with Crippen molar-refractivity contribution in [2.45, 2.75) is 13.8 Å². The highest BCUT2D eigenvalue weighted by Gasteiger charge is 1.93. The van der Waals surface area contributed by atoms with Gasteiger partial charge in [-0.25, -0.2) is 0 Å². The molecule has 0 fully saturated rings. The van der Waals surface area contributed by atoms with Crippen LogP contribution in [0.15, 0.2) is 0 Å². The summed E-state index contributed by atoms with van der Waals surface area (Å²) in [5.74, 6) is -1.12. The third kappa shape index (κ3) is 8.96. The minimum Gasteiger partial charge on any atom is -0.394 e. The summed E-state index contributed by atoms with van der Waals surface area (Å²) in [5.41, 5.74) is 0. The molecule has 3 radical (unpaired) electrons. The van der Waals surface area contributed by atoms with Crippen molar-refractivity contribution in [3.8, 4) is 0 Å². The fraction of sp³-hybridized carbons (Fsp3) is 0.500. The third-order valence-electron chi connectivity index (χ3n) is 0.287. The fourth-order valence-corrected chi connectivity index (χ4v) is 0.202. The second kappa shape index (κ2) is 4.37. The van der Waals surface area contributed by atoms with Gasteiger partial charge in [0.25, 0.3) is 0 Å². The fourth-order valence-electron chi connectivity index (χ4n) is 0.202. The number of hydrogen-bond donors (Lipinski definition) is 0. The molecule has 0 atom stereocenters. The lowest BCUT2D eigenvalue weighted by atomic mass is 10.7. The molecule has 0 aliphatic rings. The van der Waals surface area contributed by atoms with E-state index in [2.05, 4.69) is 4.74 Å². The second-order valence-electron chi connectivity index (χ2n) is 1.09. The van der Waals surface area contributed by atoms with Crippen LogP contribution >= 0.6 is 0 Å². The van der Waals surface area contributed by atoms with Gasteiger partial charge in [0.2, 0.25) is 0 Å². The van der Waals surface area contributed by atoms with Gasteiger partial charge in [-0.1, -0.05) is 0 Å². The van der Waals surface area contributed by atoms with Crippen LogP contribution in [0.4, 0.5) is 0 Å². The lowest BCUT2D eigenvalue weighted by Crippen LogP contribution is -2.03. The van der Waals surface area contributed by atoms with E-state index in [4.69, 9.17) is 0 Å². The zero-order chi connectivity index (χ0) is 5.86. The van der Waals surface area contributed by atoms with Crippen LogP contribution in [0, 0.1) is 0 Å². The minimum absolute atomic E-state index is 0. The van der Waals surface area contributed by atoms with E-state index in [1.54, 1.807) is 0 Å². The van der Waals surface area contributed by atoms with Gasteiger partial charge in [-0.3, -0.25) is 9.59 Å². The smallest absolute Gasteiger partial charge is 0.310 e. The first-order valence-corrected chi connectivity index (χ1v) is 1.82. The van der Waals surface area contributed by atoms with Gasteiger partial charge in [-0.05, 0) is 0 Å². The summed E-state index contributed by atoms with van der Waals surface area (Å²) >= 11 is 0. The quantitative estimate of drug-likeness (QED) is 0.246. The van der Waals surface area contributed by atoms with Gasteiger partial charge in [0.1, 0.15) is 0 Å². The summed E-state index contributed by atoms with van der Waals surface area (Å²) in [6, 6.07) is 0. The Morgan fingerprint density at radius 3 is 1.38 bits per heavy atom. The molecule has 0 aliphatic carbocycles. The summed E-state index contributed by atoms with van der Waals surface area (Å²) in [6.45, 7) is 2.36. The monoisotopic (exact) mass is 113 g/mol. The number of carbonyl (C=O) groups is 2. The van der Waals surface area contributed by atoms with E-state index in [0.717, 1.165) is 0 Å². The Hall–Kier alpha value is -0.795. The summed E-state index contributed by atoms with van der Waals surface area (Å²) in [7, 11) is 0. The summed E-state index contributed by atoms with van der Waals surface area (Å²) in [4.78, 5) is 19.6. The Morgan fingerprint density at radius 2 is 1.38 bits per heavy atom. The van der Waals surface area contributed by atoms with Gasteiger partial charge >= 0.3 is 11.9 Å². The van der Waals surface area contributed by atoms with Crippen molar-refractivity contribution in [3.05, 3.63) is 0 Å². The Morgan fingerprint density at radius 1 is 1.12 bits per heavy atom. The Bertz CT molecular complexity index is 87.5. The maximum absolute atomic E-state index is 9.81. The van der Waals surface area contributed by atoms with Crippen molar-refractivity contribution < 1.29 is 14.3 Å². The van der Waals surface area contributed by atoms with E-state index in [0.29, 0.717) is 0 Å². The molecule has 4 heteroatoms. The van der Waals surface area contributed by atoms with E-state index in [-0.39, 0.29) is 8.41 Å². The molecule has 0 heterocycles. The molecule has 0 unspecified atom stereocenters. The highest BCUT2D eigenvalue weighted by atomic mass is 16.6. The molecule has 0 amide bonds. The predicted molar refractivity (Wildman–Crippen MR) is 28.2 cm³/mol. The van der Waals surface area contributed by atoms with Crippen LogP contribution in [0.25, 0.3) is 0 Å². The van der Waals surface area contributed by atoms with Crippen LogP contribution in [0.1, 0.15) is 13.8 Å². The molecular weight excluding hydrogens is 107 g/mol. The van der Waals surface area contributed by atoms with Crippen molar-refractivity contribution >= 4 is 20.4 Å². The molecule has 0 aromatic heterocycles. The average Bonchev–Trinajstić information content (AvgIpc) is 1.27. The lowest BCUT2D eigenvalue weighted by Gasteiger charge is -1.87. The van der Waals surface area contributed by atoms with Crippen LogP contribution in [-0.4, -0.2) is 20.4 Å². The maximum atomic E-state index is 9.81. The maximum Gasteiger partial charge on any atom is 0.310 e. The molecule has 0 rings (SSSR count). The van der Waals surface area contributed by atoms with Crippen molar-refractivity contribution in [1.82, 2.24) is 0 Å². The van der Waals surface area contributed by atoms with Crippen molar-refractivity contribution in [2.75, 3.05) is 0 Å². The van der Waals surface area contributed by atoms with Crippen LogP contribution in [-0.2, 0) is 14.3 Å². The second-order valence-corrected chi connectivity index (χ2v) is 1.09. The molecule has 0 saturated heterocycles. The van der Waals surface area contributed by atoms with Gasteiger partial charge in [0.15, 0.2) is 0 Å². The lowest BCUT2D eigenvalue weighted by molar-refractivity contribution is -0.156. The van der Waals surface area contributed by atoms with Crippen molar-refractivity contribution in [2.24, 2.45) is 0 Å². The summed E-state index contributed by atoms with van der Waals surface area (Å²) in [5, 5.41) is 0. The van der Waals surface area contributed by atoms with E-state index >= 15 is 0 Å². The van der Waals surface area contributed by atoms with Gasteiger partial charge in [-0.15, -0.1) is 0 Å². The standard InChI is InChI=1S/C4H6O3.B/c1-3(5)7-4(2)6;/h1-2H3;. The molecule has 0 saturated carbocycles. The zero-order valence-electron chi connectivity index (χ0n) is 4.80. The minimum atomic E-state index is -0.562. The first-order chi connectivity index (χ1) is 3.13. The van der Waals surface area contributed by atoms with Gasteiger partial charge in [0.05, 0.1) is 0 Å². The molecule has 0 bridgehead atoms. The molecule has 3 nitrogen and oxygen atoms in total. The summed E-state index contributed by atoms with van der Waals surface area (Å²) in [6.07, 6.45) is 0. The topological polar surface area (TPSA) is 43.4 Å². The van der Waals surface area contributed by atoms with E-state index < -0.39 is 11.9 Å². The molecule has 0 N–H and O–H groups in total. The third-order valence-corrected chi connectivity index (χ3v) is 0.287. The van der Waals surface area contributed by atoms with Crippen molar-refractivity contribution in [3.63, 3.8) is 0 Å². The number of ether oxygens (including phenoxy) is 1. The Labute approximate surface area is 49.6 Å². The van der Waals surface area contributed by atoms with E-state index in [9.17, 15) is 9.59 Å². The first-order valence-electron chi connectivity index (χ1n) is 1.82. The predicted octanol–water partition coefficient (Wildman–Crippen LogP) is -0.285. The number of rotatable bonds is 0. The number of esters is 2. The largest absolute Gasteiger partial charge is 0.394 e. The average molecular weight is 113 g/mol. The number of carbonyl (C=O) groups excluding carboxylic acids is 2. The molecule has 8 heavy (non-hydrogen) atoms. The Kier molecular flexibility index (Phi) is 5.59. The van der Waals surface area contributed by atoms with E-state index in [1.165, 1.54) is 13.8 Å². The highest BCUT2D eigenvalue weighted by molar-refractivity contribution is 5.82. The summed E-state index contributed by atoms with van der Waals surface area (Å²) < 4.78 is 3.97. The zero-order valence-corrected chi connectivity index (χ0v) is 4.80. The number of hydrogen-bond acceptors (Lipinski definition) is 3. The SMILES string of the molecule is CC(=O)OC(C)=O.[B]. The van der Waals surface area contributed by atoms with Gasteiger partial charge in [-0.2, -0.15) is 0 Å². The highest BCUT2D eigenvalue weighted by Crippen LogP contribution is 1.73. The first kappa shape index (κ1) is 10.2. The van der Waals surface area contributed by atoms with Crippen molar-refractivity contribution in [1.29, 1.82) is 0 Å². The molecular formula is C4H6BO3. The van der Waals surface area contributed by atoms with Crippen LogP contribution < -0.4 is 0 Å². The molecule has 0 aliphatic heterocycles. The van der Waals surface area contributed by atoms with Gasteiger partial charge in [0, 0.05) is 22.3 Å². The Balaban J connectivity index is 0.